The van der Waals surface area contributed by atoms with E-state index in [1.807, 2.05) is 9.80 Å². The van der Waals surface area contributed by atoms with Crippen molar-refractivity contribution in [2.45, 2.75) is 31.7 Å². The van der Waals surface area contributed by atoms with Crippen LogP contribution in [-0.4, -0.2) is 53.8 Å². The molecule has 2 N–H and O–H groups in total. The molecule has 2 fully saturated rings. The molecule has 5 nitrogen and oxygen atoms in total. The number of carbonyl (C=O) groups excluding carboxylic acids is 2. The Morgan fingerprint density at radius 1 is 1.44 bits per heavy atom. The molecule has 0 aromatic carbocycles. The van der Waals surface area contributed by atoms with Gasteiger partial charge in [0.2, 0.25) is 11.8 Å². The van der Waals surface area contributed by atoms with Gasteiger partial charge in [0, 0.05) is 38.5 Å². The molecule has 1 atom stereocenters. The van der Waals surface area contributed by atoms with Crippen LogP contribution in [-0.2, 0) is 9.59 Å². The van der Waals surface area contributed by atoms with Crippen LogP contribution in [0.3, 0.4) is 0 Å². The average Bonchev–Trinajstić information content (AvgIpc) is 2.67. The van der Waals surface area contributed by atoms with Crippen LogP contribution >= 0.6 is 0 Å². The predicted octanol–water partition coefficient (Wildman–Crippen LogP) is -0.441. The van der Waals surface area contributed by atoms with E-state index in [0.29, 0.717) is 32.5 Å². The van der Waals surface area contributed by atoms with Crippen molar-refractivity contribution < 1.29 is 9.59 Å². The number of hydrogen-bond donors (Lipinski definition) is 1. The molecule has 2 rings (SSSR count). The summed E-state index contributed by atoms with van der Waals surface area (Å²) in [6, 6.07) is 0.267. The Labute approximate surface area is 95.6 Å². The van der Waals surface area contributed by atoms with Gasteiger partial charge >= 0.3 is 0 Å². The molecule has 0 saturated carbocycles. The van der Waals surface area contributed by atoms with Crippen molar-refractivity contribution in [2.75, 3.05) is 26.2 Å². The predicted molar refractivity (Wildman–Crippen MR) is 59.6 cm³/mol. The minimum Gasteiger partial charge on any atom is -0.339 e. The summed E-state index contributed by atoms with van der Waals surface area (Å²) < 4.78 is 0. The number of carbonyl (C=O) groups is 2. The maximum atomic E-state index is 11.8. The summed E-state index contributed by atoms with van der Waals surface area (Å²) in [6.07, 6.45) is 2.84. The SMILES string of the molecule is NCCCC(=O)N1CCN2C(=O)CCC2C1. The van der Waals surface area contributed by atoms with Crippen LogP contribution in [0.25, 0.3) is 0 Å². The summed E-state index contributed by atoms with van der Waals surface area (Å²) in [7, 11) is 0. The summed E-state index contributed by atoms with van der Waals surface area (Å²) in [5, 5.41) is 0. The number of nitrogens with zero attached hydrogens (tertiary/aromatic N) is 2. The van der Waals surface area contributed by atoms with Crippen LogP contribution in [0.15, 0.2) is 0 Å². The van der Waals surface area contributed by atoms with Crippen molar-refractivity contribution in [2.24, 2.45) is 5.73 Å². The Morgan fingerprint density at radius 3 is 3.00 bits per heavy atom. The van der Waals surface area contributed by atoms with E-state index in [-0.39, 0.29) is 17.9 Å². The van der Waals surface area contributed by atoms with Gasteiger partial charge in [0.25, 0.3) is 0 Å². The molecular weight excluding hydrogens is 206 g/mol. The van der Waals surface area contributed by atoms with Gasteiger partial charge in [0.05, 0.1) is 0 Å². The van der Waals surface area contributed by atoms with Crippen LogP contribution in [0.1, 0.15) is 25.7 Å². The molecule has 16 heavy (non-hydrogen) atoms. The number of piperazine rings is 1. The highest BCUT2D eigenvalue weighted by atomic mass is 16.2. The summed E-state index contributed by atoms with van der Waals surface area (Å²) in [5.74, 6) is 0.434. The number of amides is 2. The summed E-state index contributed by atoms with van der Waals surface area (Å²) in [4.78, 5) is 27.1. The van der Waals surface area contributed by atoms with E-state index >= 15 is 0 Å². The molecule has 0 aliphatic carbocycles. The lowest BCUT2D eigenvalue weighted by molar-refractivity contribution is -0.139. The minimum atomic E-state index is 0.185. The molecule has 2 amide bonds. The van der Waals surface area contributed by atoms with Crippen molar-refractivity contribution in [1.29, 1.82) is 0 Å². The zero-order valence-electron chi connectivity index (χ0n) is 9.52. The van der Waals surface area contributed by atoms with Crippen molar-refractivity contribution in [1.82, 2.24) is 9.80 Å². The standard InChI is InChI=1S/C11H19N3O2/c12-5-1-2-10(15)13-6-7-14-9(8-13)3-4-11(14)16/h9H,1-8,12H2. The molecule has 2 aliphatic rings. The van der Waals surface area contributed by atoms with E-state index in [2.05, 4.69) is 0 Å². The Balaban J connectivity index is 1.86. The fraction of sp³-hybridized carbons (Fsp3) is 0.818. The summed E-state index contributed by atoms with van der Waals surface area (Å²) >= 11 is 0. The molecular formula is C11H19N3O2. The van der Waals surface area contributed by atoms with Crippen molar-refractivity contribution >= 4 is 11.8 Å². The van der Waals surface area contributed by atoms with Crippen LogP contribution in [0.5, 0.6) is 0 Å². The van der Waals surface area contributed by atoms with Crippen molar-refractivity contribution in [3.63, 3.8) is 0 Å². The summed E-state index contributed by atoms with van der Waals surface area (Å²) in [5.41, 5.74) is 5.39. The normalized spacial score (nSPS) is 24.8. The van der Waals surface area contributed by atoms with Crippen LogP contribution in [0, 0.1) is 0 Å². The highest BCUT2D eigenvalue weighted by Crippen LogP contribution is 2.23. The van der Waals surface area contributed by atoms with Gasteiger partial charge in [0.1, 0.15) is 0 Å². The molecule has 1 unspecified atom stereocenters. The summed E-state index contributed by atoms with van der Waals surface area (Å²) in [6.45, 7) is 2.67. The molecule has 90 valence electrons. The van der Waals surface area contributed by atoms with E-state index in [1.54, 1.807) is 0 Å². The Hall–Kier alpha value is -1.10. The number of hydrogen-bond acceptors (Lipinski definition) is 3. The first-order valence-electron chi connectivity index (χ1n) is 5.99. The Bertz CT molecular complexity index is 293. The highest BCUT2D eigenvalue weighted by molar-refractivity contribution is 5.80. The van der Waals surface area contributed by atoms with Gasteiger partial charge in [-0.25, -0.2) is 0 Å². The van der Waals surface area contributed by atoms with E-state index < -0.39 is 0 Å². The van der Waals surface area contributed by atoms with E-state index in [4.69, 9.17) is 5.73 Å². The van der Waals surface area contributed by atoms with Gasteiger partial charge in [-0.2, -0.15) is 0 Å². The molecule has 2 saturated heterocycles. The molecule has 5 heteroatoms. The van der Waals surface area contributed by atoms with Crippen LogP contribution in [0.2, 0.25) is 0 Å². The van der Waals surface area contributed by atoms with E-state index in [1.165, 1.54) is 0 Å². The minimum absolute atomic E-state index is 0.185. The average molecular weight is 225 g/mol. The van der Waals surface area contributed by atoms with Crippen molar-refractivity contribution in [3.8, 4) is 0 Å². The molecule has 0 radical (unpaired) electrons. The molecule has 2 aliphatic heterocycles. The second kappa shape index (κ2) is 4.82. The van der Waals surface area contributed by atoms with Gasteiger partial charge in [0.15, 0.2) is 0 Å². The molecule has 0 bridgehead atoms. The van der Waals surface area contributed by atoms with Crippen LogP contribution in [0.4, 0.5) is 0 Å². The van der Waals surface area contributed by atoms with Crippen molar-refractivity contribution in [3.05, 3.63) is 0 Å². The lowest BCUT2D eigenvalue weighted by Crippen LogP contribution is -2.53. The fourth-order valence-corrected chi connectivity index (χ4v) is 2.50. The first-order valence-corrected chi connectivity index (χ1v) is 5.99. The van der Waals surface area contributed by atoms with Gasteiger partial charge < -0.3 is 15.5 Å². The first-order chi connectivity index (χ1) is 7.72. The third-order valence-corrected chi connectivity index (χ3v) is 3.44. The fourth-order valence-electron chi connectivity index (χ4n) is 2.50. The van der Waals surface area contributed by atoms with Gasteiger partial charge in [-0.3, -0.25) is 9.59 Å². The second-order valence-electron chi connectivity index (χ2n) is 4.51. The number of fused-ring (bicyclic) bond motifs is 1. The quantitative estimate of drug-likeness (QED) is 0.708. The van der Waals surface area contributed by atoms with Gasteiger partial charge in [-0.1, -0.05) is 0 Å². The maximum absolute atomic E-state index is 11.8. The third-order valence-electron chi connectivity index (χ3n) is 3.44. The number of nitrogens with two attached hydrogens (primary N) is 1. The molecule has 0 aromatic heterocycles. The Morgan fingerprint density at radius 2 is 2.25 bits per heavy atom. The lowest BCUT2D eigenvalue weighted by atomic mass is 10.1. The number of rotatable bonds is 3. The maximum Gasteiger partial charge on any atom is 0.223 e. The second-order valence-corrected chi connectivity index (χ2v) is 4.51. The zero-order valence-corrected chi connectivity index (χ0v) is 9.52. The van der Waals surface area contributed by atoms with Gasteiger partial charge in [-0.15, -0.1) is 0 Å². The molecule has 0 spiro atoms. The monoisotopic (exact) mass is 225 g/mol. The van der Waals surface area contributed by atoms with E-state index in [0.717, 1.165) is 19.4 Å². The van der Waals surface area contributed by atoms with E-state index in [9.17, 15) is 9.59 Å². The zero-order chi connectivity index (χ0) is 11.5. The first kappa shape index (κ1) is 11.4. The molecule has 0 aromatic rings. The topological polar surface area (TPSA) is 66.6 Å². The van der Waals surface area contributed by atoms with Gasteiger partial charge in [-0.05, 0) is 19.4 Å². The Kier molecular flexibility index (Phi) is 3.43. The largest absolute Gasteiger partial charge is 0.339 e. The third kappa shape index (κ3) is 2.19. The highest BCUT2D eigenvalue weighted by Gasteiger charge is 2.36. The molecule has 2 heterocycles. The lowest BCUT2D eigenvalue weighted by Gasteiger charge is -2.37. The smallest absolute Gasteiger partial charge is 0.223 e. The van der Waals surface area contributed by atoms with Crippen LogP contribution < -0.4 is 5.73 Å².